The molecule has 0 aromatic heterocycles. The van der Waals surface area contributed by atoms with Gasteiger partial charge in [0.15, 0.2) is 11.8 Å². The van der Waals surface area contributed by atoms with Crippen molar-refractivity contribution < 1.29 is 19.4 Å². The van der Waals surface area contributed by atoms with Crippen molar-refractivity contribution in [3.8, 4) is 5.75 Å². The van der Waals surface area contributed by atoms with Gasteiger partial charge in [0.2, 0.25) is 0 Å². The van der Waals surface area contributed by atoms with E-state index in [1.807, 2.05) is 24.3 Å². The van der Waals surface area contributed by atoms with Crippen molar-refractivity contribution in [2.75, 3.05) is 6.61 Å². The van der Waals surface area contributed by atoms with Crippen LogP contribution in [0.3, 0.4) is 0 Å². The Kier molecular flexibility index (Phi) is 6.55. The van der Waals surface area contributed by atoms with E-state index < -0.39 is 12.6 Å². The quantitative estimate of drug-likeness (QED) is 0.419. The van der Waals surface area contributed by atoms with Gasteiger partial charge in [0.05, 0.1) is 15.1 Å². The minimum atomic E-state index is -1.05. The molecular formula is C18H12BrIN2O4S. The van der Waals surface area contributed by atoms with Crippen LogP contribution in [0.5, 0.6) is 5.75 Å². The molecule has 0 atom stereocenters. The molecule has 0 unspecified atom stereocenters. The number of hydrogen-bond acceptors (Lipinski definition) is 5. The highest BCUT2D eigenvalue weighted by Gasteiger charge is 2.23. The summed E-state index contributed by atoms with van der Waals surface area (Å²) in [6, 6.07) is 12.8. The van der Waals surface area contributed by atoms with Gasteiger partial charge in [-0.1, -0.05) is 12.1 Å². The zero-order valence-corrected chi connectivity index (χ0v) is 18.2. The fraction of sp³-hybridized carbons (Fsp3) is 0.0556. The fourth-order valence-electron chi connectivity index (χ4n) is 2.16. The third-order valence-electron chi connectivity index (χ3n) is 3.29. The second-order valence-electron chi connectivity index (χ2n) is 5.33. The number of hydrogen-bond donors (Lipinski definition) is 2. The average molecular weight is 559 g/mol. The van der Waals surface area contributed by atoms with Crippen molar-refractivity contribution in [3.63, 3.8) is 0 Å². The highest BCUT2D eigenvalue weighted by Crippen LogP contribution is 2.31. The SMILES string of the molecule is O=C(O)COc1ccc(/C=C2/SC(=Nc3cccc(I)c3)NC2=O)cc1Br. The van der Waals surface area contributed by atoms with Gasteiger partial charge in [-0.15, -0.1) is 0 Å². The van der Waals surface area contributed by atoms with E-state index >= 15 is 0 Å². The third-order valence-corrected chi connectivity index (χ3v) is 5.50. The van der Waals surface area contributed by atoms with Crippen molar-refractivity contribution >= 4 is 79.1 Å². The number of nitrogens with one attached hydrogen (secondary N) is 1. The number of amides is 1. The highest BCUT2D eigenvalue weighted by atomic mass is 127. The molecule has 1 fully saturated rings. The predicted octanol–water partition coefficient (Wildman–Crippen LogP) is 4.41. The Balaban J connectivity index is 1.76. The number of carboxylic acid groups (broad SMARTS) is 1. The fourth-order valence-corrected chi connectivity index (χ4v) is 4.04. The van der Waals surface area contributed by atoms with Crippen LogP contribution >= 0.6 is 50.3 Å². The molecule has 138 valence electrons. The molecule has 1 heterocycles. The lowest BCUT2D eigenvalue weighted by atomic mass is 10.2. The van der Waals surface area contributed by atoms with Crippen molar-refractivity contribution in [2.45, 2.75) is 0 Å². The molecule has 2 aromatic carbocycles. The summed E-state index contributed by atoms with van der Waals surface area (Å²) in [5.74, 6) is -0.845. The molecule has 6 nitrogen and oxygen atoms in total. The van der Waals surface area contributed by atoms with Gasteiger partial charge in [0.25, 0.3) is 5.91 Å². The Morgan fingerprint density at radius 1 is 1.33 bits per heavy atom. The number of nitrogens with zero attached hydrogens (tertiary/aromatic N) is 1. The molecule has 0 bridgehead atoms. The van der Waals surface area contributed by atoms with E-state index in [-0.39, 0.29) is 5.91 Å². The van der Waals surface area contributed by atoms with Gasteiger partial charge < -0.3 is 15.2 Å². The maximum absolute atomic E-state index is 12.2. The first-order chi connectivity index (χ1) is 12.9. The predicted molar refractivity (Wildman–Crippen MR) is 117 cm³/mol. The molecule has 1 aliphatic rings. The summed E-state index contributed by atoms with van der Waals surface area (Å²) in [6.45, 7) is -0.421. The molecule has 0 spiro atoms. The van der Waals surface area contributed by atoms with E-state index in [9.17, 15) is 9.59 Å². The number of halogens is 2. The Morgan fingerprint density at radius 2 is 2.15 bits per heavy atom. The Bertz CT molecular complexity index is 978. The van der Waals surface area contributed by atoms with Gasteiger partial charge in [0.1, 0.15) is 5.75 Å². The Labute approximate surface area is 181 Å². The van der Waals surface area contributed by atoms with Crippen LogP contribution < -0.4 is 10.1 Å². The van der Waals surface area contributed by atoms with Gasteiger partial charge in [-0.2, -0.15) is 0 Å². The normalized spacial score (nSPS) is 16.6. The summed E-state index contributed by atoms with van der Waals surface area (Å²) in [7, 11) is 0. The van der Waals surface area contributed by atoms with Crippen LogP contribution in [0.25, 0.3) is 6.08 Å². The summed E-state index contributed by atoms with van der Waals surface area (Å²) >= 11 is 6.82. The van der Waals surface area contributed by atoms with Crippen LogP contribution in [0, 0.1) is 3.57 Å². The second kappa shape index (κ2) is 8.89. The number of carbonyl (C=O) groups excluding carboxylic acids is 1. The Hall–Kier alpha value is -1.85. The highest BCUT2D eigenvalue weighted by molar-refractivity contribution is 14.1. The molecule has 1 amide bonds. The van der Waals surface area contributed by atoms with Gasteiger partial charge in [-0.05, 0) is 92.3 Å². The van der Waals surface area contributed by atoms with E-state index in [1.165, 1.54) is 11.8 Å². The summed E-state index contributed by atoms with van der Waals surface area (Å²) in [5.41, 5.74) is 1.55. The zero-order valence-electron chi connectivity index (χ0n) is 13.6. The van der Waals surface area contributed by atoms with Crippen molar-refractivity contribution in [1.82, 2.24) is 5.32 Å². The van der Waals surface area contributed by atoms with Crippen LogP contribution in [0.1, 0.15) is 5.56 Å². The summed E-state index contributed by atoms with van der Waals surface area (Å²) < 4.78 is 6.84. The second-order valence-corrected chi connectivity index (χ2v) is 8.46. The van der Waals surface area contributed by atoms with Crippen molar-refractivity contribution in [2.24, 2.45) is 4.99 Å². The minimum absolute atomic E-state index is 0.216. The van der Waals surface area contributed by atoms with E-state index in [0.717, 1.165) is 14.8 Å². The monoisotopic (exact) mass is 558 g/mol. The Morgan fingerprint density at radius 3 is 2.85 bits per heavy atom. The summed E-state index contributed by atoms with van der Waals surface area (Å²) in [6.07, 6.45) is 1.74. The first-order valence-electron chi connectivity index (χ1n) is 7.60. The number of aliphatic carboxylic acids is 1. The maximum Gasteiger partial charge on any atom is 0.341 e. The van der Waals surface area contributed by atoms with E-state index in [4.69, 9.17) is 9.84 Å². The van der Waals surface area contributed by atoms with Gasteiger partial charge in [-0.3, -0.25) is 4.79 Å². The number of carboxylic acids is 1. The summed E-state index contributed by atoms with van der Waals surface area (Å²) in [5, 5.41) is 12.0. The molecule has 27 heavy (non-hydrogen) atoms. The lowest BCUT2D eigenvalue weighted by Crippen LogP contribution is -2.19. The number of carbonyl (C=O) groups is 2. The van der Waals surface area contributed by atoms with Gasteiger partial charge >= 0.3 is 5.97 Å². The van der Waals surface area contributed by atoms with Crippen LogP contribution in [0.2, 0.25) is 0 Å². The number of thioether (sulfide) groups is 1. The molecule has 0 saturated carbocycles. The lowest BCUT2D eigenvalue weighted by molar-refractivity contribution is -0.139. The van der Waals surface area contributed by atoms with Crippen molar-refractivity contribution in [3.05, 3.63) is 61.0 Å². The zero-order chi connectivity index (χ0) is 19.4. The molecule has 0 radical (unpaired) electrons. The molecule has 1 saturated heterocycles. The molecule has 1 aliphatic heterocycles. The molecule has 9 heteroatoms. The van der Waals surface area contributed by atoms with Crippen molar-refractivity contribution in [1.29, 1.82) is 0 Å². The lowest BCUT2D eigenvalue weighted by Gasteiger charge is -2.06. The van der Waals surface area contributed by atoms with Crippen LogP contribution in [0.15, 0.2) is 56.8 Å². The van der Waals surface area contributed by atoms with E-state index in [2.05, 4.69) is 48.8 Å². The minimum Gasteiger partial charge on any atom is -0.481 e. The number of rotatable bonds is 5. The molecule has 2 aromatic rings. The van der Waals surface area contributed by atoms with Gasteiger partial charge in [0, 0.05) is 3.57 Å². The molecular weight excluding hydrogens is 547 g/mol. The van der Waals surface area contributed by atoms with Gasteiger partial charge in [-0.25, -0.2) is 9.79 Å². The van der Waals surface area contributed by atoms with Crippen LogP contribution in [-0.2, 0) is 9.59 Å². The topological polar surface area (TPSA) is 88.0 Å². The average Bonchev–Trinajstić information content (AvgIpc) is 2.93. The summed E-state index contributed by atoms with van der Waals surface area (Å²) in [4.78, 5) is 27.7. The number of aliphatic imine (C=N–C) groups is 1. The van der Waals surface area contributed by atoms with Crippen LogP contribution in [-0.4, -0.2) is 28.8 Å². The maximum atomic E-state index is 12.2. The smallest absolute Gasteiger partial charge is 0.341 e. The molecule has 2 N–H and O–H groups in total. The number of benzene rings is 2. The number of amidine groups is 1. The van der Waals surface area contributed by atoms with E-state index in [0.29, 0.717) is 20.3 Å². The molecule has 3 rings (SSSR count). The first-order valence-corrected chi connectivity index (χ1v) is 10.3. The third kappa shape index (κ3) is 5.56. The largest absolute Gasteiger partial charge is 0.481 e. The first kappa shape index (κ1) is 19.9. The molecule has 0 aliphatic carbocycles. The standard InChI is InChI=1S/C18H12BrIN2O4S/c19-13-6-10(4-5-14(13)26-9-16(23)24)7-15-17(25)22-18(27-15)21-12-3-1-2-11(20)8-12/h1-8H,9H2,(H,23,24)(H,21,22,25)/b15-7+. The van der Waals surface area contributed by atoms with Crippen LogP contribution in [0.4, 0.5) is 5.69 Å². The number of ether oxygens (including phenoxy) is 1. The van der Waals surface area contributed by atoms with E-state index in [1.54, 1.807) is 24.3 Å².